The van der Waals surface area contributed by atoms with E-state index in [0.29, 0.717) is 0 Å². The number of anilines is 1. The molecule has 0 bridgehead atoms. The van der Waals surface area contributed by atoms with Crippen LogP contribution >= 0.6 is 0 Å². The van der Waals surface area contributed by atoms with Gasteiger partial charge in [-0.2, -0.15) is 0 Å². The molecule has 0 spiro atoms. The number of halogens is 1. The van der Waals surface area contributed by atoms with E-state index < -0.39 is 23.7 Å². The molecule has 1 aromatic carbocycles. The minimum atomic E-state index is -0.898. The van der Waals surface area contributed by atoms with Gasteiger partial charge in [-0.25, -0.2) is 4.39 Å². The Bertz CT molecular complexity index is 564. The second kappa shape index (κ2) is 5.98. The summed E-state index contributed by atoms with van der Waals surface area (Å²) in [7, 11) is 0. The first-order valence-electron chi connectivity index (χ1n) is 5.46. The average Bonchev–Trinajstić information content (AvgIpc) is 2.34. The Morgan fingerprint density at radius 3 is 2.68 bits per heavy atom. The number of rotatable bonds is 4. The van der Waals surface area contributed by atoms with Crippen LogP contribution in [0, 0.1) is 25.1 Å². The first kappa shape index (κ1) is 14.7. The van der Waals surface area contributed by atoms with Crippen LogP contribution in [0.1, 0.15) is 22.3 Å². The SMILES string of the molecule is C#CCC(N)C(=O)Nc1cc(C(N)=O)cc(F)c1C. The Morgan fingerprint density at radius 2 is 2.16 bits per heavy atom. The monoisotopic (exact) mass is 263 g/mol. The van der Waals surface area contributed by atoms with E-state index >= 15 is 0 Å². The summed E-state index contributed by atoms with van der Waals surface area (Å²) in [4.78, 5) is 22.7. The maximum absolute atomic E-state index is 13.6. The van der Waals surface area contributed by atoms with Crippen molar-refractivity contribution in [1.82, 2.24) is 0 Å². The number of primary amides is 1. The molecular weight excluding hydrogens is 249 g/mol. The third kappa shape index (κ3) is 3.53. The Hall–Kier alpha value is -2.39. The van der Waals surface area contributed by atoms with Gasteiger partial charge in [0.25, 0.3) is 0 Å². The molecule has 0 saturated carbocycles. The highest BCUT2D eigenvalue weighted by Crippen LogP contribution is 2.20. The van der Waals surface area contributed by atoms with Gasteiger partial charge in [0.2, 0.25) is 11.8 Å². The summed E-state index contributed by atoms with van der Waals surface area (Å²) in [6.07, 6.45) is 5.11. The van der Waals surface area contributed by atoms with Crippen LogP contribution in [0.25, 0.3) is 0 Å². The highest BCUT2D eigenvalue weighted by Gasteiger charge is 2.16. The lowest BCUT2D eigenvalue weighted by molar-refractivity contribution is -0.117. The highest BCUT2D eigenvalue weighted by atomic mass is 19.1. The number of carbonyl (C=O) groups is 2. The van der Waals surface area contributed by atoms with E-state index in [-0.39, 0.29) is 23.2 Å². The van der Waals surface area contributed by atoms with Crippen LogP contribution in [-0.4, -0.2) is 17.9 Å². The molecule has 1 atom stereocenters. The topological polar surface area (TPSA) is 98.2 Å². The molecule has 0 aliphatic heterocycles. The van der Waals surface area contributed by atoms with Crippen molar-refractivity contribution in [2.24, 2.45) is 11.5 Å². The summed E-state index contributed by atoms with van der Waals surface area (Å²) in [5, 5.41) is 2.42. The van der Waals surface area contributed by atoms with Crippen molar-refractivity contribution in [2.45, 2.75) is 19.4 Å². The lowest BCUT2D eigenvalue weighted by Gasteiger charge is -2.13. The number of carbonyl (C=O) groups excluding carboxylic acids is 2. The van der Waals surface area contributed by atoms with Crippen LogP contribution in [0.4, 0.5) is 10.1 Å². The molecule has 19 heavy (non-hydrogen) atoms. The number of hydrogen-bond acceptors (Lipinski definition) is 3. The van der Waals surface area contributed by atoms with Gasteiger partial charge in [-0.05, 0) is 19.1 Å². The molecule has 1 unspecified atom stereocenters. The van der Waals surface area contributed by atoms with Crippen molar-refractivity contribution >= 4 is 17.5 Å². The minimum Gasteiger partial charge on any atom is -0.366 e. The van der Waals surface area contributed by atoms with Crippen molar-refractivity contribution in [3.8, 4) is 12.3 Å². The van der Waals surface area contributed by atoms with E-state index in [1.54, 1.807) is 0 Å². The molecule has 6 heteroatoms. The largest absolute Gasteiger partial charge is 0.366 e. The summed E-state index contributed by atoms with van der Waals surface area (Å²) in [5.41, 5.74) is 10.9. The van der Waals surface area contributed by atoms with Gasteiger partial charge in [0.1, 0.15) is 5.82 Å². The van der Waals surface area contributed by atoms with E-state index in [1.807, 2.05) is 0 Å². The minimum absolute atomic E-state index is 0.0380. The third-order valence-electron chi connectivity index (χ3n) is 2.56. The summed E-state index contributed by atoms with van der Waals surface area (Å²) in [5.74, 6) is 0.271. The molecule has 2 amide bonds. The van der Waals surface area contributed by atoms with Crippen molar-refractivity contribution < 1.29 is 14.0 Å². The van der Waals surface area contributed by atoms with E-state index in [2.05, 4.69) is 11.2 Å². The zero-order valence-corrected chi connectivity index (χ0v) is 10.4. The van der Waals surface area contributed by atoms with E-state index in [9.17, 15) is 14.0 Å². The number of hydrogen-bond donors (Lipinski definition) is 3. The Morgan fingerprint density at radius 1 is 1.53 bits per heavy atom. The number of amides is 2. The van der Waals surface area contributed by atoms with Crippen LogP contribution in [0.15, 0.2) is 12.1 Å². The van der Waals surface area contributed by atoms with Gasteiger partial charge in [0.05, 0.1) is 6.04 Å². The Balaban J connectivity index is 3.04. The van der Waals surface area contributed by atoms with Gasteiger partial charge in [0.15, 0.2) is 0 Å². The smallest absolute Gasteiger partial charge is 0.248 e. The van der Waals surface area contributed by atoms with E-state index in [0.717, 1.165) is 6.07 Å². The fraction of sp³-hybridized carbons (Fsp3) is 0.231. The van der Waals surface area contributed by atoms with Crippen LogP contribution < -0.4 is 16.8 Å². The number of nitrogens with one attached hydrogen (secondary N) is 1. The molecule has 0 aromatic heterocycles. The standard InChI is InChI=1S/C13H14FN3O2/c1-3-4-10(15)13(19)17-11-6-8(12(16)18)5-9(14)7(11)2/h1,5-6,10H,4,15H2,2H3,(H2,16,18)(H,17,19). The first-order chi connectivity index (χ1) is 8.86. The van der Waals surface area contributed by atoms with Crippen LogP contribution in [0.2, 0.25) is 0 Å². The Kier molecular flexibility index (Phi) is 4.62. The molecular formula is C13H14FN3O2. The molecule has 0 heterocycles. The predicted molar refractivity (Wildman–Crippen MR) is 69.7 cm³/mol. The van der Waals surface area contributed by atoms with Gasteiger partial charge in [0, 0.05) is 23.2 Å². The highest BCUT2D eigenvalue weighted by molar-refractivity contribution is 5.98. The van der Waals surface area contributed by atoms with E-state index in [1.165, 1.54) is 13.0 Å². The van der Waals surface area contributed by atoms with Gasteiger partial charge in [-0.3, -0.25) is 9.59 Å². The van der Waals surface area contributed by atoms with Gasteiger partial charge in [-0.15, -0.1) is 12.3 Å². The van der Waals surface area contributed by atoms with Crippen LogP contribution in [0.5, 0.6) is 0 Å². The van der Waals surface area contributed by atoms with Crippen LogP contribution in [0.3, 0.4) is 0 Å². The van der Waals surface area contributed by atoms with Crippen molar-refractivity contribution in [3.05, 3.63) is 29.1 Å². The normalized spacial score (nSPS) is 11.5. The molecule has 1 aromatic rings. The molecule has 0 radical (unpaired) electrons. The molecule has 0 aliphatic carbocycles. The maximum Gasteiger partial charge on any atom is 0.248 e. The molecule has 0 saturated heterocycles. The number of nitrogens with two attached hydrogens (primary N) is 2. The van der Waals surface area contributed by atoms with Crippen molar-refractivity contribution in [2.75, 3.05) is 5.32 Å². The molecule has 0 aliphatic rings. The molecule has 1 rings (SSSR count). The van der Waals surface area contributed by atoms with Crippen LogP contribution in [-0.2, 0) is 4.79 Å². The maximum atomic E-state index is 13.6. The molecule has 5 nitrogen and oxygen atoms in total. The second-order valence-corrected chi connectivity index (χ2v) is 4.00. The fourth-order valence-electron chi connectivity index (χ4n) is 1.40. The van der Waals surface area contributed by atoms with E-state index in [4.69, 9.17) is 17.9 Å². The van der Waals surface area contributed by atoms with Crippen molar-refractivity contribution in [1.29, 1.82) is 0 Å². The zero-order chi connectivity index (χ0) is 14.6. The quantitative estimate of drug-likeness (QED) is 0.691. The van der Waals surface area contributed by atoms with Gasteiger partial charge < -0.3 is 16.8 Å². The molecule has 100 valence electrons. The fourth-order valence-corrected chi connectivity index (χ4v) is 1.40. The van der Waals surface area contributed by atoms with Gasteiger partial charge >= 0.3 is 0 Å². The summed E-state index contributed by atoms with van der Waals surface area (Å²) in [6, 6.07) is 1.40. The van der Waals surface area contributed by atoms with Gasteiger partial charge in [-0.1, -0.05) is 0 Å². The second-order valence-electron chi connectivity index (χ2n) is 4.00. The zero-order valence-electron chi connectivity index (χ0n) is 10.4. The number of terminal acetylenes is 1. The number of benzene rings is 1. The summed E-state index contributed by atoms with van der Waals surface area (Å²) >= 11 is 0. The predicted octanol–water partition coefficient (Wildman–Crippen LogP) is 0.522. The summed E-state index contributed by atoms with van der Waals surface area (Å²) in [6.45, 7) is 1.46. The molecule has 5 N–H and O–H groups in total. The lowest BCUT2D eigenvalue weighted by Crippen LogP contribution is -2.35. The molecule has 0 fully saturated rings. The summed E-state index contributed by atoms with van der Waals surface area (Å²) < 4.78 is 13.6. The average molecular weight is 263 g/mol. The van der Waals surface area contributed by atoms with Crippen molar-refractivity contribution in [3.63, 3.8) is 0 Å². The first-order valence-corrected chi connectivity index (χ1v) is 5.46. The third-order valence-corrected chi connectivity index (χ3v) is 2.56. The lowest BCUT2D eigenvalue weighted by atomic mass is 10.1. The Labute approximate surface area is 110 Å².